The summed E-state index contributed by atoms with van der Waals surface area (Å²) in [5, 5.41) is 5.71. The second-order valence-corrected chi connectivity index (χ2v) is 9.01. The molecule has 0 saturated carbocycles. The smallest absolute Gasteiger partial charge is 0.261 e. The Hall–Kier alpha value is -4.17. The molecule has 8 heteroatoms. The Morgan fingerprint density at radius 1 is 0.971 bits per heavy atom. The number of nitrogens with one attached hydrogen (secondary N) is 1. The summed E-state index contributed by atoms with van der Waals surface area (Å²) in [5.41, 5.74) is 4.11. The van der Waals surface area contributed by atoms with Crippen molar-refractivity contribution in [3.05, 3.63) is 89.1 Å². The van der Waals surface area contributed by atoms with Crippen LogP contribution in [0.2, 0.25) is 0 Å². The number of imide groups is 1. The van der Waals surface area contributed by atoms with Crippen LogP contribution in [0.1, 0.15) is 44.9 Å². The van der Waals surface area contributed by atoms with E-state index in [4.69, 9.17) is 4.98 Å². The molecule has 1 N–H and O–H groups in total. The zero-order valence-corrected chi connectivity index (χ0v) is 19.3. The van der Waals surface area contributed by atoms with E-state index in [1.807, 2.05) is 35.7 Å². The van der Waals surface area contributed by atoms with Gasteiger partial charge in [-0.05, 0) is 56.3 Å². The van der Waals surface area contributed by atoms with Gasteiger partial charge in [0.2, 0.25) is 0 Å². The molecule has 0 atom stereocenters. The SMILES string of the molecule is CC(C)N1C(=O)c2ccc(C(=O)Nc3cccc(-c4csc(-c5cccnc5)n4)c3)cc2C1=O. The lowest BCUT2D eigenvalue weighted by Gasteiger charge is -2.17. The summed E-state index contributed by atoms with van der Waals surface area (Å²) >= 11 is 1.53. The van der Waals surface area contributed by atoms with Crippen LogP contribution in [0.5, 0.6) is 0 Å². The van der Waals surface area contributed by atoms with Crippen LogP contribution in [0, 0.1) is 0 Å². The first-order chi connectivity index (χ1) is 16.4. The molecule has 168 valence electrons. The molecule has 0 aliphatic carbocycles. The van der Waals surface area contributed by atoms with Crippen molar-refractivity contribution in [1.82, 2.24) is 14.9 Å². The van der Waals surface area contributed by atoms with Gasteiger partial charge in [-0.25, -0.2) is 4.98 Å². The minimum atomic E-state index is -0.375. The molecule has 3 heterocycles. The molecule has 0 fully saturated rings. The molecule has 2 aromatic heterocycles. The maximum absolute atomic E-state index is 12.9. The van der Waals surface area contributed by atoms with Gasteiger partial charge >= 0.3 is 0 Å². The van der Waals surface area contributed by atoms with Gasteiger partial charge < -0.3 is 5.32 Å². The molecular weight excluding hydrogens is 448 g/mol. The van der Waals surface area contributed by atoms with Crippen LogP contribution >= 0.6 is 11.3 Å². The molecule has 3 amide bonds. The van der Waals surface area contributed by atoms with Crippen LogP contribution in [-0.4, -0.2) is 38.6 Å². The lowest BCUT2D eigenvalue weighted by Crippen LogP contribution is -2.35. The summed E-state index contributed by atoms with van der Waals surface area (Å²) in [4.78, 5) is 48.1. The quantitative estimate of drug-likeness (QED) is 0.410. The Morgan fingerprint density at radius 3 is 2.53 bits per heavy atom. The number of fused-ring (bicyclic) bond motifs is 1. The number of amides is 3. The van der Waals surface area contributed by atoms with Crippen LogP contribution in [0.25, 0.3) is 21.8 Å². The van der Waals surface area contributed by atoms with E-state index in [0.29, 0.717) is 16.8 Å². The number of rotatable bonds is 5. The zero-order valence-electron chi connectivity index (χ0n) is 18.5. The molecule has 0 spiro atoms. The number of carbonyl (C=O) groups excluding carboxylic acids is 3. The Morgan fingerprint density at radius 2 is 1.76 bits per heavy atom. The van der Waals surface area contributed by atoms with Crippen molar-refractivity contribution in [3.63, 3.8) is 0 Å². The standard InChI is InChI=1S/C26H20N4O3S/c1-15(2)30-25(32)20-9-8-17(12-21(20)26(30)33)23(31)28-19-7-3-5-16(11-19)22-14-34-24(29-22)18-6-4-10-27-13-18/h3-15H,1-2H3,(H,28,31). The Kier molecular flexibility index (Phi) is 5.51. The fourth-order valence-electron chi connectivity index (χ4n) is 3.86. The minimum absolute atomic E-state index is 0.253. The number of carbonyl (C=O) groups is 3. The van der Waals surface area contributed by atoms with E-state index in [-0.39, 0.29) is 29.3 Å². The average molecular weight is 469 g/mol. The van der Waals surface area contributed by atoms with Crippen molar-refractivity contribution in [2.75, 3.05) is 5.32 Å². The first-order valence-corrected chi connectivity index (χ1v) is 11.6. The van der Waals surface area contributed by atoms with Gasteiger partial charge in [-0.3, -0.25) is 24.3 Å². The van der Waals surface area contributed by atoms with Crippen LogP contribution < -0.4 is 5.32 Å². The number of anilines is 1. The number of aromatic nitrogens is 2. The summed E-state index contributed by atoms with van der Waals surface area (Å²) in [6.45, 7) is 3.56. The molecule has 0 bridgehead atoms. The van der Waals surface area contributed by atoms with Gasteiger partial charge in [0.15, 0.2) is 0 Å². The number of pyridine rings is 1. The van der Waals surface area contributed by atoms with Crippen LogP contribution in [0.15, 0.2) is 72.4 Å². The van der Waals surface area contributed by atoms with Crippen molar-refractivity contribution in [1.29, 1.82) is 0 Å². The zero-order chi connectivity index (χ0) is 23.8. The average Bonchev–Trinajstić information content (AvgIpc) is 3.43. The fourth-order valence-corrected chi connectivity index (χ4v) is 4.68. The highest BCUT2D eigenvalue weighted by Crippen LogP contribution is 2.30. The van der Waals surface area contributed by atoms with Crippen molar-refractivity contribution >= 4 is 34.7 Å². The third kappa shape index (κ3) is 3.88. The van der Waals surface area contributed by atoms with Gasteiger partial charge in [0.05, 0.1) is 16.8 Å². The van der Waals surface area contributed by atoms with E-state index in [1.165, 1.54) is 22.3 Å². The third-order valence-corrected chi connectivity index (χ3v) is 6.42. The normalized spacial score (nSPS) is 12.9. The molecule has 2 aromatic carbocycles. The molecule has 4 aromatic rings. The molecule has 0 unspecified atom stereocenters. The molecule has 1 aliphatic rings. The second kappa shape index (κ2) is 8.64. The van der Waals surface area contributed by atoms with E-state index in [0.717, 1.165) is 21.8 Å². The number of thiazole rings is 1. The van der Waals surface area contributed by atoms with E-state index in [2.05, 4.69) is 10.3 Å². The molecule has 7 nitrogen and oxygen atoms in total. The molecular formula is C26H20N4O3S. The Balaban J connectivity index is 1.36. The summed E-state index contributed by atoms with van der Waals surface area (Å²) < 4.78 is 0. The van der Waals surface area contributed by atoms with Crippen molar-refractivity contribution in [3.8, 4) is 21.8 Å². The van der Waals surface area contributed by atoms with Gasteiger partial charge in [-0.2, -0.15) is 0 Å². The number of hydrogen-bond acceptors (Lipinski definition) is 6. The maximum atomic E-state index is 12.9. The third-order valence-electron chi connectivity index (χ3n) is 5.53. The van der Waals surface area contributed by atoms with Crippen LogP contribution in [0.4, 0.5) is 5.69 Å². The van der Waals surface area contributed by atoms with Crippen LogP contribution in [0.3, 0.4) is 0 Å². The van der Waals surface area contributed by atoms with E-state index < -0.39 is 0 Å². The monoisotopic (exact) mass is 468 g/mol. The summed E-state index contributed by atoms with van der Waals surface area (Å²) in [5.74, 6) is -1.07. The van der Waals surface area contributed by atoms with Gasteiger partial charge in [0.25, 0.3) is 17.7 Å². The Bertz CT molecular complexity index is 1430. The molecule has 0 saturated heterocycles. The van der Waals surface area contributed by atoms with Gasteiger partial charge in [-0.15, -0.1) is 11.3 Å². The largest absolute Gasteiger partial charge is 0.322 e. The fraction of sp³-hybridized carbons (Fsp3) is 0.115. The lowest BCUT2D eigenvalue weighted by molar-refractivity contribution is 0.0609. The van der Waals surface area contributed by atoms with Crippen molar-refractivity contribution in [2.24, 2.45) is 0 Å². The number of nitrogens with zero attached hydrogens (tertiary/aromatic N) is 3. The molecule has 34 heavy (non-hydrogen) atoms. The highest BCUT2D eigenvalue weighted by atomic mass is 32.1. The number of benzene rings is 2. The van der Waals surface area contributed by atoms with Gasteiger partial charge in [0.1, 0.15) is 5.01 Å². The maximum Gasteiger partial charge on any atom is 0.261 e. The Labute approximate surface area is 200 Å². The molecule has 5 rings (SSSR count). The van der Waals surface area contributed by atoms with E-state index >= 15 is 0 Å². The van der Waals surface area contributed by atoms with Crippen LogP contribution in [-0.2, 0) is 0 Å². The highest BCUT2D eigenvalue weighted by Gasteiger charge is 2.37. The summed E-state index contributed by atoms with van der Waals surface area (Å²) in [6.07, 6.45) is 3.49. The second-order valence-electron chi connectivity index (χ2n) is 8.15. The van der Waals surface area contributed by atoms with E-state index in [1.54, 1.807) is 44.4 Å². The number of hydrogen-bond donors (Lipinski definition) is 1. The van der Waals surface area contributed by atoms with Gasteiger partial charge in [-0.1, -0.05) is 12.1 Å². The van der Waals surface area contributed by atoms with E-state index in [9.17, 15) is 14.4 Å². The first-order valence-electron chi connectivity index (χ1n) is 10.7. The molecule has 1 aliphatic heterocycles. The minimum Gasteiger partial charge on any atom is -0.322 e. The molecule has 0 radical (unpaired) electrons. The first kappa shape index (κ1) is 21.7. The van der Waals surface area contributed by atoms with Crippen molar-refractivity contribution < 1.29 is 14.4 Å². The van der Waals surface area contributed by atoms with Gasteiger partial charge in [0, 0.05) is 46.2 Å². The predicted molar refractivity (Wildman–Crippen MR) is 131 cm³/mol. The topological polar surface area (TPSA) is 92.3 Å². The highest BCUT2D eigenvalue weighted by molar-refractivity contribution is 7.13. The summed E-state index contributed by atoms with van der Waals surface area (Å²) in [6, 6.07) is 15.6. The van der Waals surface area contributed by atoms with Crippen molar-refractivity contribution in [2.45, 2.75) is 19.9 Å². The predicted octanol–water partition coefficient (Wildman–Crippen LogP) is 5.13. The summed E-state index contributed by atoms with van der Waals surface area (Å²) in [7, 11) is 0. The lowest BCUT2D eigenvalue weighted by atomic mass is 10.0.